The highest BCUT2D eigenvalue weighted by molar-refractivity contribution is 6.31. The zero-order valence-corrected chi connectivity index (χ0v) is 31.4. The largest absolute Gasteiger partial charge is 0.490 e. The van der Waals surface area contributed by atoms with E-state index in [4.69, 9.17) is 21.3 Å². The Bertz CT molecular complexity index is 2090. The molecule has 4 heterocycles. The number of fused-ring (bicyclic) bond motifs is 3. The number of carbonyl (C=O) groups is 4. The van der Waals surface area contributed by atoms with E-state index >= 15 is 0 Å². The molecule has 56 heavy (non-hydrogen) atoms. The van der Waals surface area contributed by atoms with Crippen LogP contribution in [0.5, 0.6) is 5.75 Å². The monoisotopic (exact) mass is 790 g/mol. The van der Waals surface area contributed by atoms with E-state index in [1.165, 1.54) is 28.0 Å². The topological polar surface area (TPSA) is 124 Å². The van der Waals surface area contributed by atoms with Crippen molar-refractivity contribution in [3.05, 3.63) is 82.1 Å². The van der Waals surface area contributed by atoms with Crippen molar-refractivity contribution in [3.8, 4) is 5.75 Å². The average molecular weight is 791 g/mol. The third-order valence-corrected chi connectivity index (χ3v) is 11.7. The Morgan fingerprint density at radius 2 is 1.70 bits per heavy atom. The standard InChI is InChI=1S/C41H42ClF3N6O5/c42-25-7-11-33-31(18-25)38(47-32-19-26(43)8-12-34(32)50(33)22-36(44)45)46-27-15-16-49(21-27)40(54)23-3-1-5-28(6-2-4-23)56-29-9-10-30-24(17-29)20-51(41(30)55)35-13-14-37(52)48-39(35)53/h7-12,17-19,23,27-28,35-36H,1-6,13-16,20-22H2,(H,46,47)(H,48,52,53). The Morgan fingerprint density at radius 3 is 2.46 bits per heavy atom. The van der Waals surface area contributed by atoms with Gasteiger partial charge in [0.1, 0.15) is 23.4 Å². The molecule has 3 fully saturated rings. The van der Waals surface area contributed by atoms with E-state index in [-0.39, 0.29) is 48.8 Å². The Kier molecular flexibility index (Phi) is 10.7. The van der Waals surface area contributed by atoms with Crippen molar-refractivity contribution in [1.29, 1.82) is 0 Å². The van der Waals surface area contributed by atoms with Crippen LogP contribution in [0.2, 0.25) is 5.02 Å². The molecule has 1 saturated carbocycles. The molecule has 2 N–H and O–H groups in total. The number of amides is 4. The molecule has 0 aromatic heterocycles. The normalized spacial score (nSPS) is 24.6. The van der Waals surface area contributed by atoms with Crippen LogP contribution in [0, 0.1) is 11.7 Å². The Labute approximate surface area is 327 Å². The van der Waals surface area contributed by atoms with Gasteiger partial charge in [-0.3, -0.25) is 29.5 Å². The Balaban J connectivity index is 0.885. The summed E-state index contributed by atoms with van der Waals surface area (Å²) in [6.45, 7) is 0.615. The predicted molar refractivity (Wildman–Crippen MR) is 204 cm³/mol. The minimum Gasteiger partial charge on any atom is -0.490 e. The summed E-state index contributed by atoms with van der Waals surface area (Å²) in [4.78, 5) is 60.8. The molecule has 0 spiro atoms. The fraction of sp³-hybridized carbons (Fsp3) is 0.439. The molecular formula is C41H42ClF3N6O5. The number of hydrogen-bond acceptors (Lipinski definition) is 7. The van der Waals surface area contributed by atoms with Crippen LogP contribution in [0.15, 0.2) is 59.6 Å². The molecule has 8 rings (SSSR count). The predicted octanol–water partition coefficient (Wildman–Crippen LogP) is 6.83. The van der Waals surface area contributed by atoms with Crippen LogP contribution in [-0.2, 0) is 20.9 Å². The summed E-state index contributed by atoms with van der Waals surface area (Å²) < 4.78 is 48.5. The van der Waals surface area contributed by atoms with Crippen LogP contribution in [0.4, 0.5) is 30.2 Å². The lowest BCUT2D eigenvalue weighted by molar-refractivity contribution is -0.137. The number of nitrogens with one attached hydrogen (secondary N) is 2. The van der Waals surface area contributed by atoms with E-state index in [1.807, 2.05) is 11.0 Å². The molecule has 0 bridgehead atoms. The van der Waals surface area contributed by atoms with Gasteiger partial charge in [0.15, 0.2) is 0 Å². The second-order valence-corrected chi connectivity index (χ2v) is 15.6. The Hall–Kier alpha value is -5.11. The first-order chi connectivity index (χ1) is 27.0. The van der Waals surface area contributed by atoms with Gasteiger partial charge in [-0.05, 0) is 112 Å². The zero-order valence-electron chi connectivity index (χ0n) is 30.6. The summed E-state index contributed by atoms with van der Waals surface area (Å²) in [6.07, 6.45) is 3.03. The number of carbonyl (C=O) groups excluding carboxylic acids is 4. The minimum absolute atomic E-state index is 0.0434. The van der Waals surface area contributed by atoms with Crippen LogP contribution >= 0.6 is 11.6 Å². The van der Waals surface area contributed by atoms with Gasteiger partial charge in [0.05, 0.1) is 35.8 Å². The maximum atomic E-state index is 14.4. The summed E-state index contributed by atoms with van der Waals surface area (Å²) >= 11 is 6.39. The number of piperidine rings is 1. The molecule has 0 radical (unpaired) electrons. The second-order valence-electron chi connectivity index (χ2n) is 15.2. The van der Waals surface area contributed by atoms with Gasteiger partial charge >= 0.3 is 0 Å². The van der Waals surface area contributed by atoms with Crippen LogP contribution in [0.3, 0.4) is 0 Å². The van der Waals surface area contributed by atoms with Gasteiger partial charge in [-0.15, -0.1) is 0 Å². The smallest absolute Gasteiger partial charge is 0.256 e. The summed E-state index contributed by atoms with van der Waals surface area (Å²) in [5, 5.41) is 5.92. The van der Waals surface area contributed by atoms with E-state index < -0.39 is 30.7 Å². The number of likely N-dealkylation sites (tertiary alicyclic amines) is 1. The molecule has 2 unspecified atom stereocenters. The van der Waals surface area contributed by atoms with E-state index in [9.17, 15) is 32.3 Å². The number of aliphatic imine (C=N–C) groups is 1. The van der Waals surface area contributed by atoms with Crippen LogP contribution in [0.25, 0.3) is 0 Å². The number of rotatable bonds is 7. The number of alkyl halides is 2. The quantitative estimate of drug-likeness (QED) is 0.252. The highest BCUT2D eigenvalue weighted by atomic mass is 35.5. The van der Waals surface area contributed by atoms with E-state index in [1.54, 1.807) is 30.3 Å². The number of nitrogens with zero attached hydrogens (tertiary/aromatic N) is 4. The molecule has 11 nitrogen and oxygen atoms in total. The fourth-order valence-corrected chi connectivity index (χ4v) is 8.85. The molecule has 5 aliphatic rings. The number of anilines is 3. The average Bonchev–Trinajstić information content (AvgIpc) is 3.72. The van der Waals surface area contributed by atoms with Crippen LogP contribution in [-0.4, -0.2) is 83.5 Å². The molecule has 3 aromatic rings. The lowest BCUT2D eigenvalue weighted by Crippen LogP contribution is -2.52. The van der Waals surface area contributed by atoms with Gasteiger partial charge in [-0.2, -0.15) is 0 Å². The number of ether oxygens (including phenoxy) is 1. The van der Waals surface area contributed by atoms with Gasteiger partial charge in [0.2, 0.25) is 17.7 Å². The van der Waals surface area contributed by atoms with Gasteiger partial charge in [0, 0.05) is 48.1 Å². The SMILES string of the molecule is O=C1CCC(N2Cc3cc(OC4CCCC(C(=O)N5CCC(N=C6Nc7cc(F)ccc7N(CC(F)F)c7ccc(Cl)cc76)C5)CCC4)ccc3C2=O)C(=O)N1. The van der Waals surface area contributed by atoms with E-state index in [2.05, 4.69) is 10.6 Å². The molecule has 3 aromatic carbocycles. The summed E-state index contributed by atoms with van der Waals surface area (Å²) in [5.74, 6) is -0.498. The third kappa shape index (κ3) is 7.80. The molecule has 294 valence electrons. The number of imide groups is 1. The fourth-order valence-electron chi connectivity index (χ4n) is 8.68. The number of benzene rings is 3. The van der Waals surface area contributed by atoms with Crippen LogP contribution in [0.1, 0.15) is 79.3 Å². The third-order valence-electron chi connectivity index (χ3n) is 11.4. The summed E-state index contributed by atoms with van der Waals surface area (Å²) in [5.41, 5.74) is 3.01. The summed E-state index contributed by atoms with van der Waals surface area (Å²) in [7, 11) is 0. The molecule has 1 aliphatic carbocycles. The lowest BCUT2D eigenvalue weighted by atomic mass is 9.89. The van der Waals surface area contributed by atoms with Crippen LogP contribution < -0.4 is 20.3 Å². The zero-order chi connectivity index (χ0) is 39.1. The van der Waals surface area contributed by atoms with Crippen molar-refractivity contribution in [2.24, 2.45) is 10.9 Å². The number of hydrogen-bond donors (Lipinski definition) is 2. The van der Waals surface area contributed by atoms with Crippen molar-refractivity contribution in [2.75, 3.05) is 29.9 Å². The van der Waals surface area contributed by atoms with Crippen molar-refractivity contribution in [1.82, 2.24) is 15.1 Å². The highest BCUT2D eigenvalue weighted by Gasteiger charge is 2.39. The van der Waals surface area contributed by atoms with Gasteiger partial charge < -0.3 is 24.8 Å². The molecular weight excluding hydrogens is 749 g/mol. The van der Waals surface area contributed by atoms with E-state index in [0.717, 1.165) is 44.1 Å². The first-order valence-corrected chi connectivity index (χ1v) is 19.6. The lowest BCUT2D eigenvalue weighted by Gasteiger charge is -2.29. The van der Waals surface area contributed by atoms with Crippen molar-refractivity contribution < 1.29 is 37.1 Å². The minimum atomic E-state index is -2.66. The van der Waals surface area contributed by atoms with Gasteiger partial charge in [0.25, 0.3) is 12.3 Å². The molecule has 4 aliphatic heterocycles. The van der Waals surface area contributed by atoms with Crippen molar-refractivity contribution >= 4 is 58.1 Å². The van der Waals surface area contributed by atoms with E-state index in [0.29, 0.717) is 70.7 Å². The van der Waals surface area contributed by atoms with Gasteiger partial charge in [-0.1, -0.05) is 11.6 Å². The summed E-state index contributed by atoms with van der Waals surface area (Å²) in [6, 6.07) is 13.4. The molecule has 2 saturated heterocycles. The van der Waals surface area contributed by atoms with Crippen molar-refractivity contribution in [2.45, 2.75) is 88.9 Å². The maximum Gasteiger partial charge on any atom is 0.256 e. The first-order valence-electron chi connectivity index (χ1n) is 19.2. The maximum absolute atomic E-state index is 14.4. The second kappa shape index (κ2) is 15.8. The molecule has 15 heteroatoms. The molecule has 4 amide bonds. The number of halogens is 4. The first kappa shape index (κ1) is 37.8. The van der Waals surface area contributed by atoms with Crippen molar-refractivity contribution in [3.63, 3.8) is 0 Å². The molecule has 2 atom stereocenters. The Morgan fingerprint density at radius 1 is 0.911 bits per heavy atom. The van der Waals surface area contributed by atoms with Gasteiger partial charge in [-0.25, -0.2) is 13.2 Å². The highest BCUT2D eigenvalue weighted by Crippen LogP contribution is 2.40. The number of amidine groups is 1.